The van der Waals surface area contributed by atoms with Gasteiger partial charge in [-0.2, -0.15) is 0 Å². The van der Waals surface area contributed by atoms with E-state index < -0.39 is 5.82 Å². The second kappa shape index (κ2) is 7.38. The summed E-state index contributed by atoms with van der Waals surface area (Å²) in [6.45, 7) is 0.381. The van der Waals surface area contributed by atoms with Crippen LogP contribution < -0.4 is 5.32 Å². The molecule has 0 aromatic heterocycles. The van der Waals surface area contributed by atoms with E-state index >= 15 is 0 Å². The Kier molecular flexibility index (Phi) is 5.52. The van der Waals surface area contributed by atoms with Gasteiger partial charge in [0, 0.05) is 17.1 Å². The normalized spacial score (nSPS) is 12.2. The Morgan fingerprint density at radius 3 is 2.59 bits per heavy atom. The van der Waals surface area contributed by atoms with Crippen molar-refractivity contribution >= 4 is 17.5 Å². The van der Waals surface area contributed by atoms with E-state index in [1.54, 1.807) is 6.07 Å². The quantitative estimate of drug-likeness (QED) is 0.914. The van der Waals surface area contributed by atoms with Crippen LogP contribution in [0.4, 0.5) is 4.39 Å². The topological polar surface area (TPSA) is 32.3 Å². The summed E-state index contributed by atoms with van der Waals surface area (Å²) in [5.41, 5.74) is 1.24. The van der Waals surface area contributed by atoms with E-state index in [9.17, 15) is 9.18 Å². The molecule has 0 heterocycles. The molecule has 0 aliphatic rings. The van der Waals surface area contributed by atoms with Crippen LogP contribution >= 0.6 is 11.6 Å². The van der Waals surface area contributed by atoms with E-state index in [4.69, 9.17) is 11.6 Å². The minimum Gasteiger partial charge on any atom is -0.350 e. The van der Waals surface area contributed by atoms with Crippen molar-refractivity contribution in [1.82, 2.24) is 10.2 Å². The van der Waals surface area contributed by atoms with Crippen LogP contribution in [-0.4, -0.2) is 31.4 Å². The van der Waals surface area contributed by atoms with Gasteiger partial charge in [0.15, 0.2) is 0 Å². The first-order valence-corrected chi connectivity index (χ1v) is 7.31. The molecule has 116 valence electrons. The highest BCUT2D eigenvalue weighted by Crippen LogP contribution is 2.25. The van der Waals surface area contributed by atoms with Crippen molar-refractivity contribution in [3.8, 4) is 0 Å². The first kappa shape index (κ1) is 16.5. The third-order valence-electron chi connectivity index (χ3n) is 3.43. The summed E-state index contributed by atoms with van der Waals surface area (Å²) in [6.07, 6.45) is 0. The van der Waals surface area contributed by atoms with Crippen LogP contribution in [0.1, 0.15) is 22.0 Å². The minimum absolute atomic E-state index is 0.0637. The summed E-state index contributed by atoms with van der Waals surface area (Å²) in [4.78, 5) is 14.1. The van der Waals surface area contributed by atoms with Crippen molar-refractivity contribution < 1.29 is 9.18 Å². The number of amides is 1. The predicted molar refractivity (Wildman–Crippen MR) is 86.6 cm³/mol. The highest BCUT2D eigenvalue weighted by molar-refractivity contribution is 6.31. The van der Waals surface area contributed by atoms with Crippen LogP contribution in [0.25, 0.3) is 0 Å². The Hall–Kier alpha value is -1.91. The molecule has 1 unspecified atom stereocenters. The molecular formula is C17H18ClFN2O. The number of nitrogens with one attached hydrogen (secondary N) is 1. The van der Waals surface area contributed by atoms with Gasteiger partial charge < -0.3 is 10.2 Å². The van der Waals surface area contributed by atoms with Crippen molar-refractivity contribution in [2.45, 2.75) is 6.04 Å². The highest BCUT2D eigenvalue weighted by atomic mass is 35.5. The van der Waals surface area contributed by atoms with Crippen LogP contribution in [0, 0.1) is 5.82 Å². The minimum atomic E-state index is -0.428. The Morgan fingerprint density at radius 2 is 1.95 bits per heavy atom. The molecule has 2 aromatic carbocycles. The lowest BCUT2D eigenvalue weighted by Crippen LogP contribution is -2.34. The van der Waals surface area contributed by atoms with Crippen LogP contribution in [0.2, 0.25) is 5.02 Å². The standard InChI is InChI=1S/C17H18ClFN2O/c1-21(2)16(14-8-3-4-9-15(14)18)11-20-17(22)12-6-5-7-13(19)10-12/h3-10,16H,11H2,1-2H3,(H,20,22). The van der Waals surface area contributed by atoms with Crippen molar-refractivity contribution in [3.05, 3.63) is 70.5 Å². The average molecular weight is 321 g/mol. The summed E-state index contributed by atoms with van der Waals surface area (Å²) in [7, 11) is 3.84. The zero-order valence-electron chi connectivity index (χ0n) is 12.5. The van der Waals surface area contributed by atoms with E-state index in [-0.39, 0.29) is 11.9 Å². The second-order valence-corrected chi connectivity index (χ2v) is 5.63. The molecule has 0 aliphatic heterocycles. The number of hydrogen-bond donors (Lipinski definition) is 1. The van der Waals surface area contributed by atoms with Gasteiger partial charge in [0.25, 0.3) is 5.91 Å². The summed E-state index contributed by atoms with van der Waals surface area (Å²) >= 11 is 6.23. The van der Waals surface area contributed by atoms with Gasteiger partial charge in [-0.3, -0.25) is 4.79 Å². The Labute approximate surface area is 134 Å². The number of rotatable bonds is 5. The smallest absolute Gasteiger partial charge is 0.251 e. The van der Waals surface area contributed by atoms with E-state index in [0.29, 0.717) is 17.1 Å². The molecule has 2 aromatic rings. The molecular weight excluding hydrogens is 303 g/mol. The van der Waals surface area contributed by atoms with Crippen molar-refractivity contribution in [2.24, 2.45) is 0 Å². The maximum Gasteiger partial charge on any atom is 0.251 e. The molecule has 0 saturated carbocycles. The Balaban J connectivity index is 2.10. The molecule has 0 bridgehead atoms. The number of nitrogens with zero attached hydrogens (tertiary/aromatic N) is 1. The molecule has 1 N–H and O–H groups in total. The lowest BCUT2D eigenvalue weighted by molar-refractivity contribution is 0.0941. The largest absolute Gasteiger partial charge is 0.350 e. The summed E-state index contributed by atoms with van der Waals surface area (Å²) in [5.74, 6) is -0.735. The fourth-order valence-electron chi connectivity index (χ4n) is 2.24. The molecule has 2 rings (SSSR count). The van der Waals surface area contributed by atoms with Crippen LogP contribution in [-0.2, 0) is 0 Å². The summed E-state index contributed by atoms with van der Waals surface area (Å²) in [6, 6.07) is 13.1. The molecule has 22 heavy (non-hydrogen) atoms. The van der Waals surface area contributed by atoms with Crippen molar-refractivity contribution in [2.75, 3.05) is 20.6 Å². The monoisotopic (exact) mass is 320 g/mol. The van der Waals surface area contributed by atoms with Gasteiger partial charge in [0.1, 0.15) is 5.82 Å². The maximum absolute atomic E-state index is 13.2. The number of hydrogen-bond acceptors (Lipinski definition) is 2. The van der Waals surface area contributed by atoms with Gasteiger partial charge in [-0.05, 0) is 43.9 Å². The first-order valence-electron chi connectivity index (χ1n) is 6.93. The zero-order chi connectivity index (χ0) is 16.1. The Morgan fingerprint density at radius 1 is 1.23 bits per heavy atom. The number of carbonyl (C=O) groups is 1. The molecule has 1 atom stereocenters. The van der Waals surface area contributed by atoms with E-state index in [0.717, 1.165) is 5.56 Å². The third-order valence-corrected chi connectivity index (χ3v) is 3.77. The number of likely N-dealkylation sites (N-methyl/N-ethyl adjacent to an activating group) is 1. The second-order valence-electron chi connectivity index (χ2n) is 5.22. The van der Waals surface area contributed by atoms with Gasteiger partial charge in [-0.15, -0.1) is 0 Å². The molecule has 0 spiro atoms. The van der Waals surface area contributed by atoms with E-state index in [2.05, 4.69) is 5.32 Å². The van der Waals surface area contributed by atoms with Gasteiger partial charge in [0.05, 0.1) is 6.04 Å². The SMILES string of the molecule is CN(C)C(CNC(=O)c1cccc(F)c1)c1ccccc1Cl. The summed E-state index contributed by atoms with van der Waals surface area (Å²) in [5, 5.41) is 3.48. The summed E-state index contributed by atoms with van der Waals surface area (Å²) < 4.78 is 13.2. The average Bonchev–Trinajstić information content (AvgIpc) is 2.48. The lowest BCUT2D eigenvalue weighted by Gasteiger charge is -2.26. The molecule has 0 fully saturated rings. The lowest BCUT2D eigenvalue weighted by atomic mass is 10.1. The molecule has 3 nitrogen and oxygen atoms in total. The molecule has 0 radical (unpaired) electrons. The van der Waals surface area contributed by atoms with Crippen molar-refractivity contribution in [3.63, 3.8) is 0 Å². The zero-order valence-corrected chi connectivity index (χ0v) is 13.3. The molecule has 0 saturated heterocycles. The maximum atomic E-state index is 13.2. The van der Waals surface area contributed by atoms with Crippen LogP contribution in [0.15, 0.2) is 48.5 Å². The van der Waals surface area contributed by atoms with Crippen LogP contribution in [0.5, 0.6) is 0 Å². The highest BCUT2D eigenvalue weighted by Gasteiger charge is 2.18. The number of carbonyl (C=O) groups excluding carboxylic acids is 1. The van der Waals surface area contributed by atoms with Gasteiger partial charge >= 0.3 is 0 Å². The fourth-order valence-corrected chi connectivity index (χ4v) is 2.50. The predicted octanol–water partition coefficient (Wildman–Crippen LogP) is 3.51. The van der Waals surface area contributed by atoms with E-state index in [1.165, 1.54) is 18.2 Å². The molecule has 1 amide bonds. The van der Waals surface area contributed by atoms with Gasteiger partial charge in [-0.25, -0.2) is 4.39 Å². The van der Waals surface area contributed by atoms with Crippen molar-refractivity contribution in [1.29, 1.82) is 0 Å². The fraction of sp³-hybridized carbons (Fsp3) is 0.235. The Bertz CT molecular complexity index is 661. The molecule has 0 aliphatic carbocycles. The number of halogens is 2. The third kappa shape index (κ3) is 4.06. The van der Waals surface area contributed by atoms with Crippen LogP contribution in [0.3, 0.4) is 0 Å². The first-order chi connectivity index (χ1) is 10.5. The molecule has 5 heteroatoms. The van der Waals surface area contributed by atoms with E-state index in [1.807, 2.05) is 43.3 Å². The number of benzene rings is 2. The van der Waals surface area contributed by atoms with Gasteiger partial charge in [-0.1, -0.05) is 35.9 Å². The van der Waals surface area contributed by atoms with Gasteiger partial charge in [0.2, 0.25) is 0 Å².